The van der Waals surface area contributed by atoms with Crippen LogP contribution in [0.25, 0.3) is 0 Å². The second kappa shape index (κ2) is 9.41. The molecule has 3 rings (SSSR count). The number of benzene rings is 2. The van der Waals surface area contributed by atoms with Crippen molar-refractivity contribution in [2.75, 3.05) is 10.0 Å². The molecule has 8 heteroatoms. The first-order chi connectivity index (χ1) is 14.4. The summed E-state index contributed by atoms with van der Waals surface area (Å²) in [6.45, 7) is 3.81. The van der Waals surface area contributed by atoms with Crippen LogP contribution >= 0.6 is 0 Å². The summed E-state index contributed by atoms with van der Waals surface area (Å²) < 4.78 is 33.1. The van der Waals surface area contributed by atoms with Crippen molar-refractivity contribution in [3.8, 4) is 5.75 Å². The number of nitrogens with one attached hydrogen (secondary N) is 2. The number of nitrogens with zero attached hydrogens (tertiary/aromatic N) is 1. The normalized spacial score (nSPS) is 12.1. The lowest BCUT2D eigenvalue weighted by atomic mass is 10.2. The van der Waals surface area contributed by atoms with Gasteiger partial charge in [-0.15, -0.1) is 0 Å². The maximum Gasteiger partial charge on any atom is 0.265 e. The van der Waals surface area contributed by atoms with Crippen molar-refractivity contribution in [3.05, 3.63) is 78.5 Å². The molecular weight excluding hydrogens is 402 g/mol. The predicted molar refractivity (Wildman–Crippen MR) is 116 cm³/mol. The fourth-order valence-electron chi connectivity index (χ4n) is 2.74. The van der Waals surface area contributed by atoms with E-state index in [1.165, 1.54) is 30.5 Å². The lowest BCUT2D eigenvalue weighted by molar-refractivity contribution is -0.122. The molecule has 0 unspecified atom stereocenters. The Bertz CT molecular complexity index is 1100. The van der Waals surface area contributed by atoms with Gasteiger partial charge in [-0.05, 0) is 67.4 Å². The first-order valence-electron chi connectivity index (χ1n) is 9.45. The van der Waals surface area contributed by atoms with Crippen molar-refractivity contribution in [1.29, 1.82) is 0 Å². The van der Waals surface area contributed by atoms with Gasteiger partial charge in [0.15, 0.2) is 6.10 Å². The molecule has 0 saturated carbocycles. The highest BCUT2D eigenvalue weighted by molar-refractivity contribution is 7.92. The molecule has 1 aromatic heterocycles. The van der Waals surface area contributed by atoms with Gasteiger partial charge >= 0.3 is 0 Å². The Balaban J connectivity index is 1.66. The van der Waals surface area contributed by atoms with Gasteiger partial charge in [0.1, 0.15) is 11.6 Å². The summed E-state index contributed by atoms with van der Waals surface area (Å²) in [6.07, 6.45) is 1.32. The number of anilines is 2. The lowest BCUT2D eigenvalue weighted by Gasteiger charge is -2.17. The van der Waals surface area contributed by atoms with Crippen LogP contribution in [0.3, 0.4) is 0 Å². The molecule has 1 amide bonds. The number of aryl methyl sites for hydroxylation is 1. The van der Waals surface area contributed by atoms with Gasteiger partial charge in [0.05, 0.1) is 4.90 Å². The van der Waals surface area contributed by atoms with Crippen molar-refractivity contribution >= 4 is 27.4 Å². The van der Waals surface area contributed by atoms with E-state index in [0.717, 1.165) is 5.56 Å². The van der Waals surface area contributed by atoms with E-state index in [1.54, 1.807) is 24.3 Å². The quantitative estimate of drug-likeness (QED) is 0.569. The number of aromatic nitrogens is 1. The molecule has 2 N–H and O–H groups in total. The zero-order chi connectivity index (χ0) is 21.6. The zero-order valence-corrected chi connectivity index (χ0v) is 17.5. The van der Waals surface area contributed by atoms with Crippen LogP contribution in [0.15, 0.2) is 77.8 Å². The van der Waals surface area contributed by atoms with E-state index < -0.39 is 16.1 Å². The topological polar surface area (TPSA) is 97.4 Å². The summed E-state index contributed by atoms with van der Waals surface area (Å²) in [5.74, 6) is 0.550. The predicted octanol–water partition coefficient (Wildman–Crippen LogP) is 3.99. The summed E-state index contributed by atoms with van der Waals surface area (Å²) in [7, 11) is -3.77. The minimum atomic E-state index is -3.77. The third kappa shape index (κ3) is 5.57. The Hall–Kier alpha value is -3.39. The van der Waals surface area contributed by atoms with E-state index in [9.17, 15) is 13.2 Å². The van der Waals surface area contributed by atoms with E-state index in [-0.39, 0.29) is 16.6 Å². The molecule has 0 saturated heterocycles. The van der Waals surface area contributed by atoms with Crippen LogP contribution < -0.4 is 14.8 Å². The fourth-order valence-corrected chi connectivity index (χ4v) is 3.74. The Morgan fingerprint density at radius 2 is 1.83 bits per heavy atom. The SMILES string of the molecule is CC[C@H](Oc1cccc(C)c1)C(=O)Nc1ccc(S(=O)(=O)Nc2ccccn2)cc1. The van der Waals surface area contributed by atoms with Gasteiger partial charge in [0.2, 0.25) is 0 Å². The van der Waals surface area contributed by atoms with E-state index in [0.29, 0.717) is 17.9 Å². The summed E-state index contributed by atoms with van der Waals surface area (Å²) >= 11 is 0. The number of rotatable bonds is 8. The van der Waals surface area contributed by atoms with Gasteiger partial charge < -0.3 is 10.1 Å². The summed E-state index contributed by atoms with van der Waals surface area (Å²) in [4.78, 5) is 16.6. The van der Waals surface area contributed by atoms with Crippen LogP contribution in [0.2, 0.25) is 0 Å². The minimum Gasteiger partial charge on any atom is -0.481 e. The van der Waals surface area contributed by atoms with Crippen LogP contribution in [0.4, 0.5) is 11.5 Å². The summed E-state index contributed by atoms with van der Waals surface area (Å²) in [6, 6.07) is 18.3. The molecule has 1 atom stereocenters. The molecule has 7 nitrogen and oxygen atoms in total. The highest BCUT2D eigenvalue weighted by atomic mass is 32.2. The molecule has 0 radical (unpaired) electrons. The summed E-state index contributed by atoms with van der Waals surface area (Å²) in [5.41, 5.74) is 1.52. The number of hydrogen-bond acceptors (Lipinski definition) is 5. The first kappa shape index (κ1) is 21.3. The van der Waals surface area contributed by atoms with Crippen molar-refractivity contribution in [2.24, 2.45) is 0 Å². The maximum atomic E-state index is 12.6. The molecular formula is C22H23N3O4S. The largest absolute Gasteiger partial charge is 0.481 e. The van der Waals surface area contributed by atoms with Crippen LogP contribution in [0.1, 0.15) is 18.9 Å². The van der Waals surface area contributed by atoms with Crippen molar-refractivity contribution in [1.82, 2.24) is 4.98 Å². The summed E-state index contributed by atoms with van der Waals surface area (Å²) in [5, 5.41) is 2.76. The molecule has 0 fully saturated rings. The minimum absolute atomic E-state index is 0.0641. The maximum absolute atomic E-state index is 12.6. The van der Waals surface area contributed by atoms with Gasteiger partial charge in [-0.3, -0.25) is 9.52 Å². The van der Waals surface area contributed by atoms with E-state index in [2.05, 4.69) is 15.0 Å². The second-order valence-electron chi connectivity index (χ2n) is 6.67. The molecule has 30 heavy (non-hydrogen) atoms. The Morgan fingerprint density at radius 3 is 2.47 bits per heavy atom. The van der Waals surface area contributed by atoms with Gasteiger partial charge in [-0.1, -0.05) is 25.1 Å². The number of pyridine rings is 1. The fraction of sp³-hybridized carbons (Fsp3) is 0.182. The molecule has 0 aliphatic carbocycles. The third-order valence-electron chi connectivity index (χ3n) is 4.27. The van der Waals surface area contributed by atoms with Gasteiger partial charge in [-0.25, -0.2) is 13.4 Å². The van der Waals surface area contributed by atoms with Gasteiger partial charge in [0, 0.05) is 11.9 Å². The number of carbonyl (C=O) groups is 1. The monoisotopic (exact) mass is 425 g/mol. The number of hydrogen-bond donors (Lipinski definition) is 2. The van der Waals surface area contributed by atoms with Crippen LogP contribution in [-0.4, -0.2) is 25.4 Å². The van der Waals surface area contributed by atoms with E-state index >= 15 is 0 Å². The van der Waals surface area contributed by atoms with Crippen molar-refractivity contribution < 1.29 is 17.9 Å². The standard InChI is InChI=1S/C22H23N3O4S/c1-3-20(29-18-8-6-7-16(2)15-18)22(26)24-17-10-12-19(13-11-17)30(27,28)25-21-9-4-5-14-23-21/h4-15,20H,3H2,1-2H3,(H,23,25)(H,24,26)/t20-/m0/s1. The van der Waals surface area contributed by atoms with E-state index in [4.69, 9.17) is 4.74 Å². The molecule has 0 aliphatic heterocycles. The lowest BCUT2D eigenvalue weighted by Crippen LogP contribution is -2.32. The molecule has 0 aliphatic rings. The number of ether oxygens (including phenoxy) is 1. The highest BCUT2D eigenvalue weighted by Gasteiger charge is 2.19. The molecule has 3 aromatic rings. The van der Waals surface area contributed by atoms with Crippen molar-refractivity contribution in [3.63, 3.8) is 0 Å². The number of sulfonamides is 1. The van der Waals surface area contributed by atoms with Crippen LogP contribution in [0.5, 0.6) is 5.75 Å². The van der Waals surface area contributed by atoms with Crippen LogP contribution in [-0.2, 0) is 14.8 Å². The average molecular weight is 426 g/mol. The Kier molecular flexibility index (Phi) is 6.68. The Labute approximate surface area is 176 Å². The third-order valence-corrected chi connectivity index (χ3v) is 5.64. The zero-order valence-electron chi connectivity index (χ0n) is 16.7. The second-order valence-corrected chi connectivity index (χ2v) is 8.35. The Morgan fingerprint density at radius 1 is 1.07 bits per heavy atom. The molecule has 2 aromatic carbocycles. The molecule has 0 spiro atoms. The average Bonchev–Trinajstić information content (AvgIpc) is 2.73. The van der Waals surface area contributed by atoms with Gasteiger partial charge in [0.25, 0.3) is 15.9 Å². The van der Waals surface area contributed by atoms with E-state index in [1.807, 2.05) is 32.0 Å². The van der Waals surface area contributed by atoms with Crippen LogP contribution in [0, 0.1) is 6.92 Å². The molecule has 1 heterocycles. The molecule has 156 valence electrons. The first-order valence-corrected chi connectivity index (χ1v) is 10.9. The van der Waals surface area contributed by atoms with Crippen molar-refractivity contribution in [2.45, 2.75) is 31.3 Å². The molecule has 0 bridgehead atoms. The van der Waals surface area contributed by atoms with Gasteiger partial charge in [-0.2, -0.15) is 0 Å². The smallest absolute Gasteiger partial charge is 0.265 e. The number of carbonyl (C=O) groups excluding carboxylic acids is 1. The highest BCUT2D eigenvalue weighted by Crippen LogP contribution is 2.19. The number of amides is 1.